The van der Waals surface area contributed by atoms with Gasteiger partial charge in [0.05, 0.1) is 6.20 Å². The molecule has 0 bridgehead atoms. The number of hydrogen-bond donors (Lipinski definition) is 1. The summed E-state index contributed by atoms with van der Waals surface area (Å²) in [5.74, 6) is 0. The van der Waals surface area contributed by atoms with Gasteiger partial charge in [0.15, 0.2) is 0 Å². The van der Waals surface area contributed by atoms with Gasteiger partial charge in [0.2, 0.25) is 0 Å². The van der Waals surface area contributed by atoms with Gasteiger partial charge in [0.1, 0.15) is 5.70 Å². The van der Waals surface area contributed by atoms with Crippen LogP contribution in [0.4, 0.5) is 0 Å². The van der Waals surface area contributed by atoms with Crippen molar-refractivity contribution in [3.63, 3.8) is 0 Å². The molecule has 0 fully saturated rings. The number of hydrogen-bond acceptors (Lipinski definition) is 2. The molecule has 0 unspecified atom stereocenters. The Labute approximate surface area is 46.8 Å². The minimum absolute atomic E-state index is 0.935. The molecule has 0 atom stereocenters. The van der Waals surface area contributed by atoms with E-state index in [1.54, 1.807) is 12.4 Å². The zero-order chi connectivity index (χ0) is 5.40. The Balaban J connectivity index is 2.49. The largest absolute Gasteiger partial charge is 0.284 e. The van der Waals surface area contributed by atoms with E-state index in [0.29, 0.717) is 0 Å². The average Bonchev–Trinajstić information content (AvgIpc) is 2.15. The van der Waals surface area contributed by atoms with Crippen molar-refractivity contribution >= 4 is 6.21 Å². The summed E-state index contributed by atoms with van der Waals surface area (Å²) in [4.78, 5) is 3.88. The third kappa shape index (κ3) is 0.307. The first-order valence-electron chi connectivity index (χ1n) is 2.37. The average molecular weight is 106 g/mol. The van der Waals surface area contributed by atoms with Crippen molar-refractivity contribution in [1.82, 2.24) is 10.9 Å². The second-order valence-electron chi connectivity index (χ2n) is 1.63. The topological polar surface area (TPSA) is 38.5 Å². The fourth-order valence-electron chi connectivity index (χ4n) is 0.705. The normalized spacial score (nSPS) is 21.0. The number of fused-ring (bicyclic) bond motifs is 1. The Morgan fingerprint density at radius 3 is 3.38 bits per heavy atom. The Bertz CT molecular complexity index is 200. The SMILES string of the molecule is C1=NC=C2[N]NC=C12. The van der Waals surface area contributed by atoms with Crippen molar-refractivity contribution in [2.45, 2.75) is 0 Å². The van der Waals surface area contributed by atoms with Gasteiger partial charge in [-0.1, -0.05) is 0 Å². The Morgan fingerprint density at radius 2 is 2.50 bits per heavy atom. The molecule has 39 valence electrons. The number of allylic oxidation sites excluding steroid dienone is 1. The molecule has 2 heterocycles. The van der Waals surface area contributed by atoms with Crippen molar-refractivity contribution in [1.29, 1.82) is 0 Å². The lowest BCUT2D eigenvalue weighted by Crippen LogP contribution is -2.09. The van der Waals surface area contributed by atoms with Gasteiger partial charge in [-0.05, 0) is 0 Å². The van der Waals surface area contributed by atoms with E-state index in [4.69, 9.17) is 0 Å². The van der Waals surface area contributed by atoms with Gasteiger partial charge in [-0.2, -0.15) is 5.43 Å². The van der Waals surface area contributed by atoms with Crippen LogP contribution in [0.1, 0.15) is 0 Å². The lowest BCUT2D eigenvalue weighted by Gasteiger charge is -1.86. The third-order valence-corrected chi connectivity index (χ3v) is 1.11. The van der Waals surface area contributed by atoms with E-state index in [-0.39, 0.29) is 0 Å². The first kappa shape index (κ1) is 3.72. The molecule has 1 N–H and O–H groups in total. The zero-order valence-corrected chi connectivity index (χ0v) is 4.13. The quantitative estimate of drug-likeness (QED) is 0.460. The molecular formula is C5H4N3. The molecule has 2 aliphatic rings. The van der Waals surface area contributed by atoms with Crippen LogP contribution in [0.2, 0.25) is 0 Å². The summed E-state index contributed by atoms with van der Waals surface area (Å²) in [6.45, 7) is 0. The molecule has 0 spiro atoms. The van der Waals surface area contributed by atoms with Crippen LogP contribution >= 0.6 is 0 Å². The fourth-order valence-corrected chi connectivity index (χ4v) is 0.705. The predicted molar refractivity (Wildman–Crippen MR) is 29.9 cm³/mol. The van der Waals surface area contributed by atoms with E-state index in [0.717, 1.165) is 11.3 Å². The highest BCUT2D eigenvalue weighted by Gasteiger charge is 2.12. The molecule has 3 heteroatoms. The van der Waals surface area contributed by atoms with Gasteiger partial charge in [0, 0.05) is 18.0 Å². The molecule has 1 radical (unpaired) electrons. The van der Waals surface area contributed by atoms with Crippen molar-refractivity contribution < 1.29 is 0 Å². The molecule has 0 aromatic rings. The Kier molecular flexibility index (Phi) is 0.521. The summed E-state index contributed by atoms with van der Waals surface area (Å²) in [5.41, 5.74) is 8.63. The van der Waals surface area contributed by atoms with Gasteiger partial charge >= 0.3 is 0 Å². The van der Waals surface area contributed by atoms with Crippen LogP contribution in [0.5, 0.6) is 0 Å². The Hall–Kier alpha value is -1.25. The maximum atomic E-state index is 3.89. The molecule has 2 rings (SSSR count). The molecule has 8 heavy (non-hydrogen) atoms. The smallest absolute Gasteiger partial charge is 0.112 e. The molecule has 0 aliphatic carbocycles. The second-order valence-corrected chi connectivity index (χ2v) is 1.63. The predicted octanol–water partition coefficient (Wildman–Crippen LogP) is -0.0813. The van der Waals surface area contributed by atoms with Gasteiger partial charge in [-0.15, -0.1) is 0 Å². The maximum absolute atomic E-state index is 3.89. The van der Waals surface area contributed by atoms with Crippen molar-refractivity contribution in [2.75, 3.05) is 0 Å². The monoisotopic (exact) mass is 106 g/mol. The van der Waals surface area contributed by atoms with Crippen LogP contribution in [-0.4, -0.2) is 6.21 Å². The molecule has 0 saturated heterocycles. The number of nitrogens with one attached hydrogen (secondary N) is 1. The highest BCUT2D eigenvalue weighted by molar-refractivity contribution is 5.88. The lowest BCUT2D eigenvalue weighted by atomic mass is 10.3. The third-order valence-electron chi connectivity index (χ3n) is 1.11. The van der Waals surface area contributed by atoms with Crippen LogP contribution in [0.3, 0.4) is 0 Å². The van der Waals surface area contributed by atoms with Crippen LogP contribution in [0, 0.1) is 0 Å². The highest BCUT2D eigenvalue weighted by atomic mass is 15.4. The molecule has 0 saturated carbocycles. The highest BCUT2D eigenvalue weighted by Crippen LogP contribution is 2.13. The van der Waals surface area contributed by atoms with Crippen molar-refractivity contribution in [3.8, 4) is 0 Å². The van der Waals surface area contributed by atoms with E-state index >= 15 is 0 Å². The van der Waals surface area contributed by atoms with E-state index in [2.05, 4.69) is 15.8 Å². The van der Waals surface area contributed by atoms with E-state index in [1.807, 2.05) is 6.20 Å². The van der Waals surface area contributed by atoms with E-state index < -0.39 is 0 Å². The van der Waals surface area contributed by atoms with Gasteiger partial charge in [-0.3, -0.25) is 10.4 Å². The van der Waals surface area contributed by atoms with E-state index in [9.17, 15) is 0 Å². The standard InChI is InChI=1S/C5H4N3/c1-4-2-7-8-5(4)3-6-1/h1-3,7H. The number of nitrogens with zero attached hydrogens (tertiary/aromatic N) is 2. The summed E-state index contributed by atoms with van der Waals surface area (Å²) >= 11 is 0. The summed E-state index contributed by atoms with van der Waals surface area (Å²) in [6.07, 6.45) is 5.33. The Morgan fingerprint density at radius 1 is 1.50 bits per heavy atom. The summed E-state index contributed by atoms with van der Waals surface area (Å²) in [6, 6.07) is 0. The van der Waals surface area contributed by atoms with Crippen LogP contribution in [-0.2, 0) is 0 Å². The van der Waals surface area contributed by atoms with Gasteiger partial charge in [-0.25, -0.2) is 0 Å². The summed E-state index contributed by atoms with van der Waals surface area (Å²) < 4.78 is 0. The molecule has 2 aliphatic heterocycles. The number of aliphatic imine (C=N–C) groups is 1. The van der Waals surface area contributed by atoms with Gasteiger partial charge < -0.3 is 0 Å². The van der Waals surface area contributed by atoms with Crippen LogP contribution < -0.4 is 10.9 Å². The minimum atomic E-state index is 0.935. The molecule has 0 amide bonds. The minimum Gasteiger partial charge on any atom is -0.284 e. The van der Waals surface area contributed by atoms with Crippen molar-refractivity contribution in [2.24, 2.45) is 4.99 Å². The summed E-state index contributed by atoms with van der Waals surface area (Å²) in [5, 5.41) is 0. The van der Waals surface area contributed by atoms with Crippen LogP contribution in [0.25, 0.3) is 0 Å². The first-order valence-corrected chi connectivity index (χ1v) is 2.37. The molecule has 3 nitrogen and oxygen atoms in total. The fraction of sp³-hybridized carbons (Fsp3) is 0. The van der Waals surface area contributed by atoms with Crippen molar-refractivity contribution in [3.05, 3.63) is 23.7 Å². The summed E-state index contributed by atoms with van der Waals surface area (Å²) in [7, 11) is 0. The number of rotatable bonds is 0. The first-order chi connectivity index (χ1) is 3.97. The zero-order valence-electron chi connectivity index (χ0n) is 4.13. The van der Waals surface area contributed by atoms with Crippen LogP contribution in [0.15, 0.2) is 28.7 Å². The second kappa shape index (κ2) is 1.12. The maximum Gasteiger partial charge on any atom is 0.112 e. The van der Waals surface area contributed by atoms with E-state index in [1.165, 1.54) is 0 Å². The molecular weight excluding hydrogens is 102 g/mol. The van der Waals surface area contributed by atoms with Gasteiger partial charge in [0.25, 0.3) is 0 Å². The molecule has 0 aromatic heterocycles. The lowest BCUT2D eigenvalue weighted by molar-refractivity contribution is 0.767. The molecule has 0 aromatic carbocycles.